The highest BCUT2D eigenvalue weighted by Gasteiger charge is 2.54. The molecule has 0 radical (unpaired) electrons. The van der Waals surface area contributed by atoms with Crippen molar-refractivity contribution in [1.29, 1.82) is 0 Å². The van der Waals surface area contributed by atoms with Crippen molar-refractivity contribution >= 4 is 11.8 Å². The molecular formula is C10H14O6. The Kier molecular flexibility index (Phi) is 2.73. The Morgan fingerprint density at radius 2 is 2.12 bits per heavy atom. The zero-order valence-electron chi connectivity index (χ0n) is 9.39. The molecule has 6 heteroatoms. The van der Waals surface area contributed by atoms with Gasteiger partial charge in [-0.15, -0.1) is 0 Å². The minimum absolute atomic E-state index is 0.0890. The third-order valence-electron chi connectivity index (χ3n) is 2.39. The van der Waals surface area contributed by atoms with E-state index in [-0.39, 0.29) is 12.4 Å². The average molecular weight is 230 g/mol. The fraction of sp³-hybridized carbons (Fsp3) is 0.800. The molecule has 2 heterocycles. The third kappa shape index (κ3) is 2.09. The fourth-order valence-electron chi connectivity index (χ4n) is 1.75. The molecule has 2 fully saturated rings. The predicted octanol–water partition coefficient (Wildman–Crippen LogP) is -0.00500. The molecule has 2 aliphatic heterocycles. The van der Waals surface area contributed by atoms with Gasteiger partial charge in [-0.1, -0.05) is 0 Å². The summed E-state index contributed by atoms with van der Waals surface area (Å²) in [7, 11) is 0. The van der Waals surface area contributed by atoms with Crippen LogP contribution < -0.4 is 0 Å². The van der Waals surface area contributed by atoms with E-state index in [4.69, 9.17) is 18.9 Å². The van der Waals surface area contributed by atoms with Crippen molar-refractivity contribution in [2.75, 3.05) is 6.61 Å². The molecule has 0 N–H and O–H groups in total. The Labute approximate surface area is 92.8 Å². The van der Waals surface area contributed by atoms with E-state index in [1.165, 1.54) is 6.92 Å². The predicted molar refractivity (Wildman–Crippen MR) is 50.3 cm³/mol. The van der Waals surface area contributed by atoms with Gasteiger partial charge in [-0.3, -0.25) is 9.59 Å². The van der Waals surface area contributed by atoms with Crippen LogP contribution in [0.2, 0.25) is 0 Å². The first kappa shape index (κ1) is 11.5. The molecule has 0 aromatic carbocycles. The molecule has 90 valence electrons. The number of Topliss-reactive ketones (excluding diaryl/α,β-unsaturated/α-hetero) is 1. The van der Waals surface area contributed by atoms with Crippen LogP contribution in [0.15, 0.2) is 0 Å². The van der Waals surface area contributed by atoms with Crippen molar-refractivity contribution in [3.05, 3.63) is 0 Å². The summed E-state index contributed by atoms with van der Waals surface area (Å²) in [6, 6.07) is 0. The SMILES string of the molecule is CC(=O)OC[C@H]1O[C@@H]2OC(C)(C)O[C@@H]2C1=O. The first-order chi connectivity index (χ1) is 7.39. The minimum Gasteiger partial charge on any atom is -0.463 e. The molecular weight excluding hydrogens is 216 g/mol. The summed E-state index contributed by atoms with van der Waals surface area (Å²) in [5.74, 6) is -1.50. The normalized spacial score (nSPS) is 36.2. The maximum Gasteiger partial charge on any atom is 0.302 e. The van der Waals surface area contributed by atoms with Crippen molar-refractivity contribution < 1.29 is 28.5 Å². The van der Waals surface area contributed by atoms with Gasteiger partial charge in [0.25, 0.3) is 0 Å². The number of ether oxygens (including phenoxy) is 4. The van der Waals surface area contributed by atoms with Crippen LogP contribution in [-0.4, -0.2) is 42.6 Å². The molecule has 16 heavy (non-hydrogen) atoms. The molecule has 0 bridgehead atoms. The Balaban J connectivity index is 1.95. The largest absolute Gasteiger partial charge is 0.463 e. The van der Waals surface area contributed by atoms with Crippen LogP contribution in [0.25, 0.3) is 0 Å². The van der Waals surface area contributed by atoms with Gasteiger partial charge < -0.3 is 18.9 Å². The van der Waals surface area contributed by atoms with E-state index in [1.54, 1.807) is 13.8 Å². The van der Waals surface area contributed by atoms with Crippen LogP contribution in [0.1, 0.15) is 20.8 Å². The van der Waals surface area contributed by atoms with E-state index >= 15 is 0 Å². The van der Waals surface area contributed by atoms with E-state index in [0.29, 0.717) is 0 Å². The first-order valence-electron chi connectivity index (χ1n) is 5.07. The van der Waals surface area contributed by atoms with Gasteiger partial charge >= 0.3 is 5.97 Å². The van der Waals surface area contributed by atoms with Crippen molar-refractivity contribution in [2.45, 2.75) is 45.1 Å². The fourth-order valence-corrected chi connectivity index (χ4v) is 1.75. The number of ketones is 1. The monoisotopic (exact) mass is 230 g/mol. The first-order valence-corrected chi connectivity index (χ1v) is 5.07. The molecule has 0 aliphatic carbocycles. The van der Waals surface area contributed by atoms with Crippen molar-refractivity contribution in [3.63, 3.8) is 0 Å². The lowest BCUT2D eigenvalue weighted by Crippen LogP contribution is -2.33. The minimum atomic E-state index is -0.808. The highest BCUT2D eigenvalue weighted by Crippen LogP contribution is 2.35. The van der Waals surface area contributed by atoms with Gasteiger partial charge in [0.05, 0.1) is 0 Å². The molecule has 0 unspecified atom stereocenters. The van der Waals surface area contributed by atoms with Gasteiger partial charge in [-0.05, 0) is 13.8 Å². The Morgan fingerprint density at radius 1 is 1.44 bits per heavy atom. The van der Waals surface area contributed by atoms with Crippen LogP contribution in [0.4, 0.5) is 0 Å². The van der Waals surface area contributed by atoms with E-state index in [0.717, 1.165) is 0 Å². The second kappa shape index (κ2) is 3.80. The van der Waals surface area contributed by atoms with Crippen LogP contribution in [-0.2, 0) is 28.5 Å². The highest BCUT2D eigenvalue weighted by atomic mass is 16.8. The number of hydrogen-bond acceptors (Lipinski definition) is 6. The number of rotatable bonds is 2. The van der Waals surface area contributed by atoms with E-state index in [2.05, 4.69) is 0 Å². The van der Waals surface area contributed by atoms with E-state index < -0.39 is 30.3 Å². The second-order valence-corrected chi connectivity index (χ2v) is 4.25. The molecule has 2 aliphatic rings. The topological polar surface area (TPSA) is 71.1 Å². The molecule has 0 spiro atoms. The summed E-state index contributed by atoms with van der Waals surface area (Å²) in [4.78, 5) is 22.4. The molecule has 2 saturated heterocycles. The smallest absolute Gasteiger partial charge is 0.302 e. The molecule has 6 nitrogen and oxygen atoms in total. The van der Waals surface area contributed by atoms with Crippen LogP contribution >= 0.6 is 0 Å². The number of esters is 1. The number of fused-ring (bicyclic) bond motifs is 1. The molecule has 0 amide bonds. The Bertz CT molecular complexity index is 323. The summed E-state index contributed by atoms with van der Waals surface area (Å²) in [5, 5.41) is 0. The second-order valence-electron chi connectivity index (χ2n) is 4.25. The van der Waals surface area contributed by atoms with Crippen molar-refractivity contribution in [3.8, 4) is 0 Å². The number of carbonyl (C=O) groups is 2. The van der Waals surface area contributed by atoms with Gasteiger partial charge in [0, 0.05) is 6.92 Å². The number of carbonyl (C=O) groups excluding carboxylic acids is 2. The lowest BCUT2D eigenvalue weighted by Gasteiger charge is -2.19. The Hall–Kier alpha value is -0.980. The summed E-state index contributed by atoms with van der Waals surface area (Å²) in [6.45, 7) is 4.61. The maximum atomic E-state index is 11.8. The zero-order valence-corrected chi connectivity index (χ0v) is 9.39. The number of hydrogen-bond donors (Lipinski definition) is 0. The Morgan fingerprint density at radius 3 is 2.69 bits per heavy atom. The lowest BCUT2D eigenvalue weighted by atomic mass is 10.2. The quantitative estimate of drug-likeness (QED) is 0.621. The molecule has 0 aromatic heterocycles. The summed E-state index contributed by atoms with van der Waals surface area (Å²) in [6.07, 6.45) is -2.19. The third-order valence-corrected chi connectivity index (χ3v) is 2.39. The molecule has 0 aromatic rings. The highest BCUT2D eigenvalue weighted by molar-refractivity contribution is 5.90. The van der Waals surface area contributed by atoms with Crippen LogP contribution in [0, 0.1) is 0 Å². The van der Waals surface area contributed by atoms with E-state index in [9.17, 15) is 9.59 Å². The van der Waals surface area contributed by atoms with Gasteiger partial charge in [0.1, 0.15) is 6.61 Å². The van der Waals surface area contributed by atoms with E-state index in [1.807, 2.05) is 0 Å². The summed E-state index contributed by atoms with van der Waals surface area (Å²) >= 11 is 0. The molecule has 0 saturated carbocycles. The van der Waals surface area contributed by atoms with Crippen molar-refractivity contribution in [2.24, 2.45) is 0 Å². The molecule has 2 rings (SSSR count). The average Bonchev–Trinajstić information content (AvgIpc) is 2.58. The van der Waals surface area contributed by atoms with Crippen molar-refractivity contribution in [1.82, 2.24) is 0 Å². The van der Waals surface area contributed by atoms with Gasteiger partial charge in [0.2, 0.25) is 0 Å². The maximum absolute atomic E-state index is 11.8. The van der Waals surface area contributed by atoms with Gasteiger partial charge in [0.15, 0.2) is 30.1 Å². The van der Waals surface area contributed by atoms with Crippen LogP contribution in [0.3, 0.4) is 0 Å². The van der Waals surface area contributed by atoms with Gasteiger partial charge in [-0.25, -0.2) is 0 Å². The van der Waals surface area contributed by atoms with Gasteiger partial charge in [-0.2, -0.15) is 0 Å². The summed E-state index contributed by atoms with van der Waals surface area (Å²) in [5.41, 5.74) is 0. The molecule has 3 atom stereocenters. The standard InChI is InChI=1S/C10H14O6/c1-5(11)13-4-6-7(12)8-9(14-6)16-10(2,3)15-8/h6,8-9H,4H2,1-3H3/t6-,8-,9-/m1/s1. The summed E-state index contributed by atoms with van der Waals surface area (Å²) < 4.78 is 20.8. The lowest BCUT2D eigenvalue weighted by molar-refractivity contribution is -0.209. The van der Waals surface area contributed by atoms with Crippen LogP contribution in [0.5, 0.6) is 0 Å². The zero-order chi connectivity index (χ0) is 11.9.